The van der Waals surface area contributed by atoms with E-state index in [1.165, 1.54) is 6.08 Å². The zero-order chi connectivity index (χ0) is 16.8. The molecule has 1 amide bonds. The van der Waals surface area contributed by atoms with Crippen LogP contribution in [-0.2, 0) is 14.3 Å². The number of hydrogen-bond acceptors (Lipinski definition) is 3. The van der Waals surface area contributed by atoms with Crippen molar-refractivity contribution in [2.24, 2.45) is 0 Å². The highest BCUT2D eigenvalue weighted by Crippen LogP contribution is 2.17. The molecule has 0 aromatic heterocycles. The Kier molecular flexibility index (Phi) is 6.42. The highest BCUT2D eigenvalue weighted by molar-refractivity contribution is 6.31. The molecule has 0 fully saturated rings. The normalized spacial score (nSPS) is 11.5. The van der Waals surface area contributed by atoms with E-state index in [9.17, 15) is 22.8 Å². The molecule has 1 N–H and O–H groups in total. The highest BCUT2D eigenvalue weighted by atomic mass is 35.5. The fourth-order valence-electron chi connectivity index (χ4n) is 1.31. The van der Waals surface area contributed by atoms with Gasteiger partial charge < -0.3 is 10.1 Å². The molecule has 0 atom stereocenters. The van der Waals surface area contributed by atoms with Crippen LogP contribution in [0, 0.1) is 6.92 Å². The minimum atomic E-state index is -4.51. The summed E-state index contributed by atoms with van der Waals surface area (Å²) in [6.07, 6.45) is -2.04. The van der Waals surface area contributed by atoms with E-state index < -0.39 is 31.2 Å². The third kappa shape index (κ3) is 7.12. The molecule has 1 aromatic carbocycles. The average molecular weight is 336 g/mol. The smallest absolute Gasteiger partial charge is 0.405 e. The van der Waals surface area contributed by atoms with E-state index in [0.717, 1.165) is 11.6 Å². The Morgan fingerprint density at radius 1 is 1.36 bits per heavy atom. The molecule has 0 radical (unpaired) electrons. The zero-order valence-corrected chi connectivity index (χ0v) is 12.3. The lowest BCUT2D eigenvalue weighted by Gasteiger charge is -2.07. The topological polar surface area (TPSA) is 55.4 Å². The molecule has 1 rings (SSSR count). The summed E-state index contributed by atoms with van der Waals surface area (Å²) in [5, 5.41) is 2.11. The van der Waals surface area contributed by atoms with Crippen molar-refractivity contribution in [1.82, 2.24) is 5.32 Å². The minimum absolute atomic E-state index is 0.530. The van der Waals surface area contributed by atoms with E-state index in [4.69, 9.17) is 11.6 Å². The molecule has 0 unspecified atom stereocenters. The Morgan fingerprint density at radius 3 is 2.64 bits per heavy atom. The van der Waals surface area contributed by atoms with Crippen molar-refractivity contribution < 1.29 is 27.5 Å². The molecule has 0 aliphatic carbocycles. The van der Waals surface area contributed by atoms with Crippen LogP contribution in [0.3, 0.4) is 0 Å². The summed E-state index contributed by atoms with van der Waals surface area (Å²) in [5.74, 6) is -1.88. The number of hydrogen-bond donors (Lipinski definition) is 1. The van der Waals surface area contributed by atoms with E-state index in [-0.39, 0.29) is 0 Å². The SMILES string of the molecule is Cc1ccc(/C=C/C(=O)OCC(=O)NCC(F)(F)F)cc1Cl. The first-order valence-corrected chi connectivity index (χ1v) is 6.49. The van der Waals surface area contributed by atoms with Crippen LogP contribution >= 0.6 is 11.6 Å². The number of halogens is 4. The number of aryl methyl sites for hydroxylation is 1. The van der Waals surface area contributed by atoms with E-state index in [2.05, 4.69) is 4.74 Å². The summed E-state index contributed by atoms with van der Waals surface area (Å²) < 4.78 is 40.0. The van der Waals surface area contributed by atoms with Gasteiger partial charge in [-0.05, 0) is 30.2 Å². The Morgan fingerprint density at radius 2 is 2.05 bits per heavy atom. The van der Waals surface area contributed by atoms with Crippen molar-refractivity contribution in [2.45, 2.75) is 13.1 Å². The molecule has 0 saturated heterocycles. The van der Waals surface area contributed by atoms with Gasteiger partial charge in [0.1, 0.15) is 6.54 Å². The molecule has 8 heteroatoms. The molecule has 4 nitrogen and oxygen atoms in total. The molecule has 120 valence electrons. The van der Waals surface area contributed by atoms with Crippen LogP contribution in [0.15, 0.2) is 24.3 Å². The minimum Gasteiger partial charge on any atom is -0.452 e. The number of rotatable bonds is 5. The first-order valence-electron chi connectivity index (χ1n) is 6.12. The van der Waals surface area contributed by atoms with Gasteiger partial charge in [-0.25, -0.2) is 4.79 Å². The van der Waals surface area contributed by atoms with Gasteiger partial charge in [0.15, 0.2) is 6.61 Å². The molecule has 0 saturated carbocycles. The van der Waals surface area contributed by atoms with E-state index in [1.807, 2.05) is 6.92 Å². The monoisotopic (exact) mass is 335 g/mol. The highest BCUT2D eigenvalue weighted by Gasteiger charge is 2.27. The molecule has 0 bridgehead atoms. The number of alkyl halides is 3. The molecule has 0 aliphatic rings. The summed E-state index contributed by atoms with van der Waals surface area (Å²) in [4.78, 5) is 22.4. The Labute approximate surface area is 129 Å². The van der Waals surface area contributed by atoms with E-state index >= 15 is 0 Å². The van der Waals surface area contributed by atoms with Crippen LogP contribution in [-0.4, -0.2) is 31.2 Å². The number of benzene rings is 1. The van der Waals surface area contributed by atoms with Gasteiger partial charge in [0.25, 0.3) is 5.91 Å². The molecule has 0 spiro atoms. The van der Waals surface area contributed by atoms with Crippen LogP contribution in [0.5, 0.6) is 0 Å². The lowest BCUT2D eigenvalue weighted by Crippen LogP contribution is -2.36. The van der Waals surface area contributed by atoms with Crippen molar-refractivity contribution in [2.75, 3.05) is 13.2 Å². The lowest BCUT2D eigenvalue weighted by atomic mass is 10.1. The number of ether oxygens (including phenoxy) is 1. The molecular weight excluding hydrogens is 323 g/mol. The Hall–Kier alpha value is -2.02. The third-order valence-corrected chi connectivity index (χ3v) is 2.85. The largest absolute Gasteiger partial charge is 0.452 e. The van der Waals surface area contributed by atoms with Crippen LogP contribution in [0.4, 0.5) is 13.2 Å². The first-order chi connectivity index (χ1) is 10.2. The Bertz CT molecular complexity index is 585. The zero-order valence-electron chi connectivity index (χ0n) is 11.5. The van der Waals surface area contributed by atoms with Crippen molar-refractivity contribution in [3.63, 3.8) is 0 Å². The second kappa shape index (κ2) is 7.84. The quantitative estimate of drug-likeness (QED) is 0.665. The van der Waals surface area contributed by atoms with Crippen LogP contribution < -0.4 is 5.32 Å². The van der Waals surface area contributed by atoms with Gasteiger partial charge in [-0.2, -0.15) is 13.2 Å². The van der Waals surface area contributed by atoms with Crippen molar-refractivity contribution in [1.29, 1.82) is 0 Å². The number of nitrogens with one attached hydrogen (secondary N) is 1. The summed E-state index contributed by atoms with van der Waals surface area (Å²) in [5.41, 5.74) is 1.52. The molecule has 1 aromatic rings. The molecule has 0 heterocycles. The van der Waals surface area contributed by atoms with Gasteiger partial charge in [0, 0.05) is 11.1 Å². The number of carbonyl (C=O) groups is 2. The summed E-state index contributed by atoms with van der Waals surface area (Å²) in [6.45, 7) is -0.432. The number of esters is 1. The third-order valence-electron chi connectivity index (χ3n) is 2.44. The number of carbonyl (C=O) groups excluding carboxylic acids is 2. The molecule has 0 aliphatic heterocycles. The van der Waals surface area contributed by atoms with E-state index in [0.29, 0.717) is 10.6 Å². The molecular formula is C14H13ClF3NO3. The maximum absolute atomic E-state index is 11.8. The van der Waals surface area contributed by atoms with E-state index in [1.54, 1.807) is 23.5 Å². The predicted octanol–water partition coefficient (Wildman–Crippen LogP) is 2.88. The van der Waals surface area contributed by atoms with Crippen LogP contribution in [0.1, 0.15) is 11.1 Å². The maximum Gasteiger partial charge on any atom is 0.405 e. The van der Waals surface area contributed by atoms with Gasteiger partial charge >= 0.3 is 12.1 Å². The molecule has 22 heavy (non-hydrogen) atoms. The standard InChI is InChI=1S/C14H13ClF3NO3/c1-9-2-3-10(6-11(9)15)4-5-13(21)22-7-12(20)19-8-14(16,17)18/h2-6H,7-8H2,1H3,(H,19,20)/b5-4+. The van der Waals surface area contributed by atoms with Crippen LogP contribution in [0.2, 0.25) is 5.02 Å². The summed E-state index contributed by atoms with van der Waals surface area (Å²) in [7, 11) is 0. The van der Waals surface area contributed by atoms with Gasteiger partial charge in [-0.1, -0.05) is 23.7 Å². The van der Waals surface area contributed by atoms with Gasteiger partial charge in [0.2, 0.25) is 0 Å². The maximum atomic E-state index is 11.8. The van der Waals surface area contributed by atoms with Crippen molar-refractivity contribution in [3.05, 3.63) is 40.4 Å². The lowest BCUT2D eigenvalue weighted by molar-refractivity contribution is -0.148. The van der Waals surface area contributed by atoms with Crippen LogP contribution in [0.25, 0.3) is 6.08 Å². The fourth-order valence-corrected chi connectivity index (χ4v) is 1.50. The van der Waals surface area contributed by atoms with Gasteiger partial charge in [0.05, 0.1) is 0 Å². The summed E-state index contributed by atoms with van der Waals surface area (Å²) >= 11 is 5.91. The fraction of sp³-hybridized carbons (Fsp3) is 0.286. The average Bonchev–Trinajstić information content (AvgIpc) is 2.43. The van der Waals surface area contributed by atoms with Gasteiger partial charge in [-0.3, -0.25) is 4.79 Å². The number of amides is 1. The predicted molar refractivity (Wildman–Crippen MR) is 75.2 cm³/mol. The van der Waals surface area contributed by atoms with Crippen molar-refractivity contribution >= 4 is 29.6 Å². The summed E-state index contributed by atoms with van der Waals surface area (Å²) in [6, 6.07) is 5.12. The van der Waals surface area contributed by atoms with Gasteiger partial charge in [-0.15, -0.1) is 0 Å². The first kappa shape index (κ1) is 18.0. The van der Waals surface area contributed by atoms with Crippen molar-refractivity contribution in [3.8, 4) is 0 Å². The Balaban J connectivity index is 2.41. The second-order valence-corrected chi connectivity index (χ2v) is 4.75. The second-order valence-electron chi connectivity index (χ2n) is 4.34.